The summed E-state index contributed by atoms with van der Waals surface area (Å²) < 4.78 is 0. The maximum atomic E-state index is 12.4. The third-order valence-electron chi connectivity index (χ3n) is 3.56. The van der Waals surface area contributed by atoms with Crippen molar-refractivity contribution in [3.05, 3.63) is 73.8 Å². The molecular formula is C18H14ClN3O3. The molecule has 0 saturated heterocycles. The molecular weight excluding hydrogens is 342 g/mol. The van der Waals surface area contributed by atoms with Gasteiger partial charge in [0, 0.05) is 11.8 Å². The van der Waals surface area contributed by atoms with Crippen LogP contribution in [0.2, 0.25) is 5.02 Å². The maximum Gasteiger partial charge on any atom is 0.288 e. The molecule has 0 radical (unpaired) electrons. The fourth-order valence-electron chi connectivity index (χ4n) is 2.27. The van der Waals surface area contributed by atoms with Crippen LogP contribution < -0.4 is 5.32 Å². The minimum absolute atomic E-state index is 0.0133. The highest BCUT2D eigenvalue weighted by molar-refractivity contribution is 6.32. The van der Waals surface area contributed by atoms with Crippen LogP contribution in [0.1, 0.15) is 16.7 Å². The number of carbonyl (C=O) groups is 1. The average Bonchev–Trinajstić information content (AvgIpc) is 2.57. The van der Waals surface area contributed by atoms with Gasteiger partial charge in [-0.2, -0.15) is 5.26 Å². The van der Waals surface area contributed by atoms with E-state index in [1.54, 1.807) is 0 Å². The van der Waals surface area contributed by atoms with Crippen LogP contribution in [0.5, 0.6) is 0 Å². The molecule has 25 heavy (non-hydrogen) atoms. The van der Waals surface area contributed by atoms with Gasteiger partial charge in [-0.1, -0.05) is 35.9 Å². The van der Waals surface area contributed by atoms with Crippen LogP contribution in [0.4, 0.5) is 11.4 Å². The highest BCUT2D eigenvalue weighted by Crippen LogP contribution is 2.26. The van der Waals surface area contributed by atoms with Gasteiger partial charge in [0.15, 0.2) is 0 Å². The highest BCUT2D eigenvalue weighted by Gasteiger charge is 2.15. The highest BCUT2D eigenvalue weighted by atomic mass is 35.5. The molecule has 0 heterocycles. The number of halogens is 1. The topological polar surface area (TPSA) is 96.0 Å². The molecule has 0 atom stereocenters. The van der Waals surface area contributed by atoms with Crippen molar-refractivity contribution in [3.63, 3.8) is 0 Å². The molecule has 7 heteroatoms. The molecule has 0 aliphatic rings. The number of para-hydroxylation sites is 1. The number of carbonyl (C=O) groups excluding carboxylic acids is 1. The number of amides is 1. The van der Waals surface area contributed by atoms with Crippen LogP contribution in [-0.2, 0) is 4.79 Å². The summed E-state index contributed by atoms with van der Waals surface area (Å²) in [4.78, 5) is 22.7. The molecule has 0 saturated carbocycles. The molecule has 1 amide bonds. The number of hydrogen-bond acceptors (Lipinski definition) is 4. The summed E-state index contributed by atoms with van der Waals surface area (Å²) in [5.74, 6) is -0.586. The van der Waals surface area contributed by atoms with Crippen LogP contribution in [-0.4, -0.2) is 10.8 Å². The number of nitro benzene ring substituents is 1. The number of hydrogen-bond donors (Lipinski definition) is 1. The third-order valence-corrected chi connectivity index (χ3v) is 3.88. The lowest BCUT2D eigenvalue weighted by atomic mass is 10.1. The SMILES string of the molecule is Cc1cccc(C)c1NC(=O)C(C#N)=Cc1ccc(Cl)c([N+](=O)[O-])c1. The molecule has 6 nitrogen and oxygen atoms in total. The van der Waals surface area contributed by atoms with Gasteiger partial charge >= 0.3 is 0 Å². The maximum absolute atomic E-state index is 12.4. The van der Waals surface area contributed by atoms with Crippen molar-refractivity contribution < 1.29 is 9.72 Å². The Bertz CT molecular complexity index is 909. The third kappa shape index (κ3) is 4.22. The first-order chi connectivity index (χ1) is 11.8. The molecule has 0 unspecified atom stereocenters. The summed E-state index contributed by atoms with van der Waals surface area (Å²) in [6.45, 7) is 3.70. The summed E-state index contributed by atoms with van der Waals surface area (Å²) in [5, 5.41) is 22.9. The minimum atomic E-state index is -0.623. The van der Waals surface area contributed by atoms with Gasteiger partial charge in [0.2, 0.25) is 0 Å². The van der Waals surface area contributed by atoms with Gasteiger partial charge in [-0.3, -0.25) is 14.9 Å². The Balaban J connectivity index is 2.35. The van der Waals surface area contributed by atoms with Crippen molar-refractivity contribution in [2.75, 3.05) is 5.32 Å². The second kappa shape index (κ2) is 7.60. The Kier molecular flexibility index (Phi) is 5.52. The van der Waals surface area contributed by atoms with E-state index < -0.39 is 10.8 Å². The van der Waals surface area contributed by atoms with E-state index in [4.69, 9.17) is 11.6 Å². The predicted octanol–water partition coefficient (Wildman–Crippen LogP) is 4.41. The van der Waals surface area contributed by atoms with Crippen molar-refractivity contribution in [1.82, 2.24) is 0 Å². The standard InChI is InChI=1S/C18H14ClN3O3/c1-11-4-3-5-12(2)17(11)21-18(23)14(10-20)8-13-6-7-15(19)16(9-13)22(24)25/h3-9H,1-2H3,(H,21,23). The van der Waals surface area contributed by atoms with Crippen molar-refractivity contribution in [2.24, 2.45) is 0 Å². The molecule has 126 valence electrons. The number of benzene rings is 2. The molecule has 0 aromatic heterocycles. The number of nitrogens with one attached hydrogen (secondary N) is 1. The fraction of sp³-hybridized carbons (Fsp3) is 0.111. The molecule has 0 aliphatic carbocycles. The van der Waals surface area contributed by atoms with Crippen LogP contribution >= 0.6 is 11.6 Å². The molecule has 2 aromatic rings. The van der Waals surface area contributed by atoms with Crippen molar-refractivity contribution >= 4 is 35.0 Å². The van der Waals surface area contributed by atoms with Gasteiger partial charge in [0.1, 0.15) is 16.7 Å². The zero-order chi connectivity index (χ0) is 18.6. The van der Waals surface area contributed by atoms with Crippen LogP contribution in [0.3, 0.4) is 0 Å². The molecule has 2 aromatic carbocycles. The first-order valence-corrected chi connectivity index (χ1v) is 7.64. The Hall–Kier alpha value is -3.17. The summed E-state index contributed by atoms with van der Waals surface area (Å²) in [6.07, 6.45) is 1.28. The number of nitrogens with zero attached hydrogens (tertiary/aromatic N) is 2. The van der Waals surface area contributed by atoms with Crippen molar-refractivity contribution in [2.45, 2.75) is 13.8 Å². The first-order valence-electron chi connectivity index (χ1n) is 7.26. The Morgan fingerprint density at radius 1 is 1.28 bits per heavy atom. The molecule has 0 bridgehead atoms. The van der Waals surface area contributed by atoms with Crippen molar-refractivity contribution in [3.8, 4) is 6.07 Å². The van der Waals surface area contributed by atoms with E-state index in [2.05, 4.69) is 5.32 Å². The van der Waals surface area contributed by atoms with Gasteiger partial charge in [-0.05, 0) is 42.7 Å². The first kappa shape index (κ1) is 18.2. The smallest absolute Gasteiger partial charge is 0.288 e. The fourth-order valence-corrected chi connectivity index (χ4v) is 2.45. The lowest BCUT2D eigenvalue weighted by Gasteiger charge is -2.10. The largest absolute Gasteiger partial charge is 0.321 e. The Morgan fingerprint density at radius 2 is 1.92 bits per heavy atom. The molecule has 0 aliphatic heterocycles. The quantitative estimate of drug-likeness (QED) is 0.380. The second-order valence-corrected chi connectivity index (χ2v) is 5.77. The van der Waals surface area contributed by atoms with E-state index in [0.29, 0.717) is 11.3 Å². The monoisotopic (exact) mass is 355 g/mol. The van der Waals surface area contributed by atoms with Gasteiger partial charge in [-0.25, -0.2) is 0 Å². The van der Waals surface area contributed by atoms with E-state index >= 15 is 0 Å². The second-order valence-electron chi connectivity index (χ2n) is 5.36. The van der Waals surface area contributed by atoms with Gasteiger partial charge in [0.05, 0.1) is 4.92 Å². The number of rotatable bonds is 4. The van der Waals surface area contributed by atoms with Gasteiger partial charge in [-0.15, -0.1) is 0 Å². The minimum Gasteiger partial charge on any atom is -0.321 e. The number of anilines is 1. The molecule has 0 spiro atoms. The van der Waals surface area contributed by atoms with E-state index in [-0.39, 0.29) is 16.3 Å². The Morgan fingerprint density at radius 3 is 2.48 bits per heavy atom. The Labute approximate surface area is 149 Å². The van der Waals surface area contributed by atoms with E-state index in [0.717, 1.165) is 11.1 Å². The summed E-state index contributed by atoms with van der Waals surface area (Å²) >= 11 is 5.76. The zero-order valence-electron chi connectivity index (χ0n) is 13.5. The number of nitro groups is 1. The summed E-state index contributed by atoms with van der Waals surface area (Å²) in [7, 11) is 0. The lowest BCUT2D eigenvalue weighted by molar-refractivity contribution is -0.384. The summed E-state index contributed by atoms with van der Waals surface area (Å²) in [5.41, 5.74) is 2.25. The molecule has 0 fully saturated rings. The van der Waals surface area contributed by atoms with E-state index in [9.17, 15) is 20.2 Å². The van der Waals surface area contributed by atoms with E-state index in [1.807, 2.05) is 38.1 Å². The average molecular weight is 356 g/mol. The molecule has 2 rings (SSSR count). The summed E-state index contributed by atoms with van der Waals surface area (Å²) in [6, 6.07) is 11.4. The predicted molar refractivity (Wildman–Crippen MR) is 96.2 cm³/mol. The zero-order valence-corrected chi connectivity index (χ0v) is 14.3. The van der Waals surface area contributed by atoms with Crippen molar-refractivity contribution in [1.29, 1.82) is 5.26 Å². The number of aryl methyl sites for hydroxylation is 2. The van der Waals surface area contributed by atoms with Crippen LogP contribution in [0.15, 0.2) is 42.0 Å². The van der Waals surface area contributed by atoms with Gasteiger partial charge in [0.25, 0.3) is 11.6 Å². The van der Waals surface area contributed by atoms with E-state index in [1.165, 1.54) is 24.3 Å². The number of nitriles is 1. The normalized spacial score (nSPS) is 10.9. The van der Waals surface area contributed by atoms with Crippen LogP contribution in [0, 0.1) is 35.3 Å². The van der Waals surface area contributed by atoms with Gasteiger partial charge < -0.3 is 5.32 Å². The lowest BCUT2D eigenvalue weighted by Crippen LogP contribution is -2.15. The van der Waals surface area contributed by atoms with Crippen LogP contribution in [0.25, 0.3) is 6.08 Å². The molecule has 1 N–H and O–H groups in total.